The second-order valence-electron chi connectivity index (χ2n) is 7.26. The molecule has 2 N–H and O–H groups in total. The number of benzene rings is 3. The molecular formula is C24H26N2O4S. The van der Waals surface area contributed by atoms with Crippen LogP contribution in [0, 0.1) is 0 Å². The zero-order chi connectivity index (χ0) is 22.3. The molecule has 7 heteroatoms. The highest BCUT2D eigenvalue weighted by atomic mass is 32.2. The first kappa shape index (κ1) is 22.4. The Bertz CT molecular complexity index is 1100. The quantitative estimate of drug-likeness (QED) is 0.523. The van der Waals surface area contributed by atoms with Gasteiger partial charge in [-0.05, 0) is 73.9 Å². The first-order valence-electron chi connectivity index (χ1n) is 9.99. The highest BCUT2D eigenvalue weighted by Crippen LogP contribution is 2.19. The first-order chi connectivity index (χ1) is 14.9. The number of anilines is 1. The molecule has 0 unspecified atom stereocenters. The largest absolute Gasteiger partial charge is 0.497 e. The lowest BCUT2D eigenvalue weighted by Crippen LogP contribution is -2.32. The van der Waals surface area contributed by atoms with Crippen LogP contribution in [-0.2, 0) is 16.4 Å². The number of nitrogens with one attached hydrogen (secondary N) is 2. The number of methoxy groups -OCH3 is 1. The monoisotopic (exact) mass is 438 g/mol. The summed E-state index contributed by atoms with van der Waals surface area (Å²) in [5.74, 6) is 0.387. The van der Waals surface area contributed by atoms with E-state index in [1.165, 1.54) is 24.8 Å². The zero-order valence-electron chi connectivity index (χ0n) is 17.5. The van der Waals surface area contributed by atoms with Crippen molar-refractivity contribution in [3.8, 4) is 5.75 Å². The minimum atomic E-state index is -3.73. The molecule has 31 heavy (non-hydrogen) atoms. The van der Waals surface area contributed by atoms with E-state index in [-0.39, 0.29) is 16.8 Å². The molecule has 0 spiro atoms. The van der Waals surface area contributed by atoms with Crippen LogP contribution in [0.3, 0.4) is 0 Å². The summed E-state index contributed by atoms with van der Waals surface area (Å²) in [6.07, 6.45) is 1.71. The maximum Gasteiger partial charge on any atom is 0.261 e. The highest BCUT2D eigenvalue weighted by molar-refractivity contribution is 7.92. The van der Waals surface area contributed by atoms with Crippen LogP contribution in [0.15, 0.2) is 83.8 Å². The van der Waals surface area contributed by atoms with Crippen molar-refractivity contribution in [3.63, 3.8) is 0 Å². The molecule has 0 saturated heterocycles. The molecule has 3 rings (SSSR count). The summed E-state index contributed by atoms with van der Waals surface area (Å²) in [5.41, 5.74) is 2.08. The Hall–Kier alpha value is -3.32. The second kappa shape index (κ2) is 10.1. The first-order valence-corrected chi connectivity index (χ1v) is 11.5. The van der Waals surface area contributed by atoms with E-state index in [0.717, 1.165) is 12.8 Å². The van der Waals surface area contributed by atoms with Crippen molar-refractivity contribution in [1.29, 1.82) is 0 Å². The Labute approximate surface area is 183 Å². The van der Waals surface area contributed by atoms with Gasteiger partial charge in [0, 0.05) is 17.3 Å². The Balaban J connectivity index is 1.56. The lowest BCUT2D eigenvalue weighted by molar-refractivity contribution is 0.0938. The SMILES string of the molecule is COc1ccc(S(=O)(=O)Nc2ccc(C(=O)N[C@H](C)CCc3ccccc3)cc2)cc1. The van der Waals surface area contributed by atoms with Crippen LogP contribution in [-0.4, -0.2) is 27.5 Å². The number of aryl methyl sites for hydroxylation is 1. The van der Waals surface area contributed by atoms with Gasteiger partial charge in [-0.15, -0.1) is 0 Å². The van der Waals surface area contributed by atoms with Crippen LogP contribution < -0.4 is 14.8 Å². The van der Waals surface area contributed by atoms with E-state index in [1.807, 2.05) is 25.1 Å². The van der Waals surface area contributed by atoms with Gasteiger partial charge in [0.1, 0.15) is 5.75 Å². The number of amides is 1. The molecule has 6 nitrogen and oxygen atoms in total. The molecule has 1 amide bonds. The number of carbonyl (C=O) groups excluding carboxylic acids is 1. The molecule has 3 aromatic rings. The molecule has 0 radical (unpaired) electrons. The van der Waals surface area contributed by atoms with E-state index in [2.05, 4.69) is 22.2 Å². The summed E-state index contributed by atoms with van der Waals surface area (Å²) < 4.78 is 32.6. The molecule has 0 saturated carbocycles. The van der Waals surface area contributed by atoms with Gasteiger partial charge in [-0.3, -0.25) is 9.52 Å². The Morgan fingerprint density at radius 2 is 1.58 bits per heavy atom. The minimum absolute atomic E-state index is 0.0148. The molecule has 0 aliphatic heterocycles. The third-order valence-corrected chi connectivity index (χ3v) is 6.25. The van der Waals surface area contributed by atoms with E-state index in [4.69, 9.17) is 4.74 Å². The van der Waals surface area contributed by atoms with Crippen LogP contribution in [0.2, 0.25) is 0 Å². The second-order valence-corrected chi connectivity index (χ2v) is 8.94. The Kier molecular flexibility index (Phi) is 7.31. The summed E-state index contributed by atoms with van der Waals surface area (Å²) in [7, 11) is -2.21. The van der Waals surface area contributed by atoms with Crippen molar-refractivity contribution >= 4 is 21.6 Å². The van der Waals surface area contributed by atoms with Gasteiger partial charge in [0.15, 0.2) is 0 Å². The lowest BCUT2D eigenvalue weighted by atomic mass is 10.1. The number of sulfonamides is 1. The molecule has 0 fully saturated rings. The standard InChI is InChI=1S/C24H26N2O4S/c1-18(8-9-19-6-4-3-5-7-19)25-24(27)20-10-12-21(13-11-20)26-31(28,29)23-16-14-22(30-2)15-17-23/h3-7,10-18,26H,8-9H2,1-2H3,(H,25,27)/t18-/m1/s1. The van der Waals surface area contributed by atoms with E-state index in [9.17, 15) is 13.2 Å². The molecule has 0 bridgehead atoms. The van der Waals surface area contributed by atoms with E-state index < -0.39 is 10.0 Å². The van der Waals surface area contributed by atoms with Crippen molar-refractivity contribution in [1.82, 2.24) is 5.32 Å². The molecule has 0 heterocycles. The smallest absolute Gasteiger partial charge is 0.261 e. The summed E-state index contributed by atoms with van der Waals surface area (Å²) in [6.45, 7) is 1.97. The van der Waals surface area contributed by atoms with E-state index >= 15 is 0 Å². The third kappa shape index (κ3) is 6.33. The van der Waals surface area contributed by atoms with Gasteiger partial charge in [0.05, 0.1) is 12.0 Å². The average molecular weight is 439 g/mol. The predicted octanol–water partition coefficient (Wildman–Crippen LogP) is 4.25. The maximum absolute atomic E-state index is 12.5. The van der Waals surface area contributed by atoms with Crippen LogP contribution in [0.5, 0.6) is 5.75 Å². The van der Waals surface area contributed by atoms with Crippen LogP contribution >= 0.6 is 0 Å². The normalized spacial score (nSPS) is 12.1. The van der Waals surface area contributed by atoms with Gasteiger partial charge in [0.25, 0.3) is 15.9 Å². The van der Waals surface area contributed by atoms with Gasteiger partial charge in [-0.2, -0.15) is 0 Å². The molecule has 0 aromatic heterocycles. The average Bonchev–Trinajstić information content (AvgIpc) is 2.78. The minimum Gasteiger partial charge on any atom is -0.497 e. The van der Waals surface area contributed by atoms with Crippen molar-refractivity contribution in [2.75, 3.05) is 11.8 Å². The van der Waals surface area contributed by atoms with Crippen molar-refractivity contribution in [3.05, 3.63) is 90.0 Å². The Morgan fingerprint density at radius 3 is 2.19 bits per heavy atom. The number of rotatable bonds is 9. The third-order valence-electron chi connectivity index (χ3n) is 4.86. The summed E-state index contributed by atoms with van der Waals surface area (Å²) in [6, 6.07) is 22.6. The van der Waals surface area contributed by atoms with Crippen molar-refractivity contribution in [2.45, 2.75) is 30.7 Å². The van der Waals surface area contributed by atoms with Gasteiger partial charge >= 0.3 is 0 Å². The van der Waals surface area contributed by atoms with Crippen molar-refractivity contribution in [2.24, 2.45) is 0 Å². The van der Waals surface area contributed by atoms with Crippen LogP contribution in [0.1, 0.15) is 29.3 Å². The summed E-state index contributed by atoms with van der Waals surface area (Å²) >= 11 is 0. The summed E-state index contributed by atoms with van der Waals surface area (Å²) in [4.78, 5) is 12.6. The molecule has 1 atom stereocenters. The topological polar surface area (TPSA) is 84.5 Å². The maximum atomic E-state index is 12.5. The molecule has 0 aliphatic carbocycles. The van der Waals surface area contributed by atoms with Gasteiger partial charge < -0.3 is 10.1 Å². The number of hydrogen-bond acceptors (Lipinski definition) is 4. The van der Waals surface area contributed by atoms with E-state index in [1.54, 1.807) is 36.4 Å². The number of ether oxygens (including phenoxy) is 1. The molecule has 162 valence electrons. The molecule has 3 aromatic carbocycles. The van der Waals surface area contributed by atoms with Gasteiger partial charge in [-0.1, -0.05) is 30.3 Å². The van der Waals surface area contributed by atoms with Gasteiger partial charge in [0.2, 0.25) is 0 Å². The number of hydrogen-bond donors (Lipinski definition) is 2. The van der Waals surface area contributed by atoms with Crippen LogP contribution in [0.25, 0.3) is 0 Å². The lowest BCUT2D eigenvalue weighted by Gasteiger charge is -2.14. The van der Waals surface area contributed by atoms with E-state index in [0.29, 0.717) is 17.0 Å². The predicted molar refractivity (Wildman–Crippen MR) is 122 cm³/mol. The fourth-order valence-corrected chi connectivity index (χ4v) is 4.12. The zero-order valence-corrected chi connectivity index (χ0v) is 18.4. The van der Waals surface area contributed by atoms with Gasteiger partial charge in [-0.25, -0.2) is 8.42 Å². The Morgan fingerprint density at radius 1 is 0.935 bits per heavy atom. The highest BCUT2D eigenvalue weighted by Gasteiger charge is 2.15. The fraction of sp³-hybridized carbons (Fsp3) is 0.208. The fourth-order valence-electron chi connectivity index (χ4n) is 3.07. The molecular weight excluding hydrogens is 412 g/mol. The van der Waals surface area contributed by atoms with Crippen LogP contribution in [0.4, 0.5) is 5.69 Å². The van der Waals surface area contributed by atoms with Crippen molar-refractivity contribution < 1.29 is 17.9 Å². The number of carbonyl (C=O) groups is 1. The molecule has 0 aliphatic rings. The summed E-state index contributed by atoms with van der Waals surface area (Å²) in [5, 5.41) is 2.98.